The van der Waals surface area contributed by atoms with Crippen LogP contribution in [0.25, 0.3) is 0 Å². The first-order chi connectivity index (χ1) is 12.6. The number of nitrogens with zero attached hydrogens (tertiary/aromatic N) is 1. The van der Waals surface area contributed by atoms with Crippen molar-refractivity contribution in [2.24, 2.45) is 0 Å². The van der Waals surface area contributed by atoms with E-state index in [0.717, 1.165) is 18.8 Å². The number of hydrogen-bond acceptors (Lipinski definition) is 5. The monoisotopic (exact) mass is 354 g/mol. The zero-order valence-corrected chi connectivity index (χ0v) is 15.0. The third-order valence-corrected chi connectivity index (χ3v) is 4.36. The van der Waals surface area contributed by atoms with E-state index in [9.17, 15) is 9.59 Å². The highest BCUT2D eigenvalue weighted by Crippen LogP contribution is 2.25. The molecule has 1 N–H and O–H groups in total. The molecule has 136 valence electrons. The van der Waals surface area contributed by atoms with Crippen molar-refractivity contribution in [3.05, 3.63) is 53.6 Å². The Labute approximate surface area is 152 Å². The molecule has 0 atom stereocenters. The number of hydrogen-bond donors (Lipinski definition) is 1. The van der Waals surface area contributed by atoms with Gasteiger partial charge in [-0.05, 0) is 49.4 Å². The van der Waals surface area contributed by atoms with E-state index >= 15 is 0 Å². The lowest BCUT2D eigenvalue weighted by Gasteiger charge is -2.29. The molecule has 0 spiro atoms. The van der Waals surface area contributed by atoms with Gasteiger partial charge in [-0.1, -0.05) is 0 Å². The fraction of sp³-hybridized carbons (Fsp3) is 0.300. The Hall–Kier alpha value is -2.86. The second-order valence-corrected chi connectivity index (χ2v) is 6.07. The Bertz CT molecular complexity index is 796. The minimum Gasteiger partial charge on any atom is -0.497 e. The van der Waals surface area contributed by atoms with Crippen molar-refractivity contribution in [2.45, 2.75) is 6.92 Å². The maximum absolute atomic E-state index is 12.5. The number of morpholine rings is 1. The van der Waals surface area contributed by atoms with E-state index in [-0.39, 0.29) is 11.7 Å². The summed E-state index contributed by atoms with van der Waals surface area (Å²) in [6.07, 6.45) is 0. The molecule has 3 rings (SSSR count). The Morgan fingerprint density at radius 3 is 2.38 bits per heavy atom. The molecule has 6 nitrogen and oxygen atoms in total. The number of nitrogens with one attached hydrogen (secondary N) is 1. The fourth-order valence-corrected chi connectivity index (χ4v) is 2.89. The summed E-state index contributed by atoms with van der Waals surface area (Å²) < 4.78 is 10.5. The first kappa shape index (κ1) is 17.9. The van der Waals surface area contributed by atoms with E-state index in [0.29, 0.717) is 35.8 Å². The third-order valence-electron chi connectivity index (χ3n) is 4.36. The van der Waals surface area contributed by atoms with Crippen LogP contribution in [0.2, 0.25) is 0 Å². The van der Waals surface area contributed by atoms with Gasteiger partial charge in [-0.25, -0.2) is 0 Å². The standard InChI is InChI=1S/C20H22N2O4/c1-14(23)18-13-16(22-9-11-26-12-10-22)5-8-19(18)21-20(24)15-3-6-17(25-2)7-4-15/h3-8,13H,9-12H2,1-2H3,(H,21,24). The van der Waals surface area contributed by atoms with E-state index in [4.69, 9.17) is 9.47 Å². The van der Waals surface area contributed by atoms with Gasteiger partial charge in [0.15, 0.2) is 5.78 Å². The van der Waals surface area contributed by atoms with Crippen molar-refractivity contribution >= 4 is 23.1 Å². The lowest BCUT2D eigenvalue weighted by Crippen LogP contribution is -2.36. The van der Waals surface area contributed by atoms with Gasteiger partial charge in [-0.15, -0.1) is 0 Å². The maximum atomic E-state index is 12.5. The van der Waals surface area contributed by atoms with Gasteiger partial charge in [-0.2, -0.15) is 0 Å². The first-order valence-electron chi connectivity index (χ1n) is 8.51. The molecule has 1 aliphatic rings. The van der Waals surface area contributed by atoms with E-state index in [1.807, 2.05) is 12.1 Å². The molecule has 0 saturated carbocycles. The van der Waals surface area contributed by atoms with Crippen LogP contribution in [-0.4, -0.2) is 45.1 Å². The number of ether oxygens (including phenoxy) is 2. The zero-order valence-electron chi connectivity index (χ0n) is 15.0. The van der Waals surface area contributed by atoms with Crippen LogP contribution in [-0.2, 0) is 4.74 Å². The summed E-state index contributed by atoms with van der Waals surface area (Å²) >= 11 is 0. The number of Topliss-reactive ketones (excluding diaryl/α,β-unsaturated/α-hetero) is 1. The zero-order chi connectivity index (χ0) is 18.5. The van der Waals surface area contributed by atoms with Crippen LogP contribution in [0.4, 0.5) is 11.4 Å². The lowest BCUT2D eigenvalue weighted by molar-refractivity contribution is 0.101. The smallest absolute Gasteiger partial charge is 0.255 e. The molecule has 0 aromatic heterocycles. The van der Waals surface area contributed by atoms with Crippen molar-refractivity contribution < 1.29 is 19.1 Å². The molecule has 0 unspecified atom stereocenters. The number of carbonyl (C=O) groups excluding carboxylic acids is 2. The Kier molecular flexibility index (Phi) is 5.53. The van der Waals surface area contributed by atoms with Gasteiger partial charge < -0.3 is 19.7 Å². The highest BCUT2D eigenvalue weighted by Gasteiger charge is 2.16. The van der Waals surface area contributed by atoms with Crippen molar-refractivity contribution in [1.82, 2.24) is 0 Å². The number of rotatable bonds is 5. The van der Waals surface area contributed by atoms with Crippen LogP contribution in [0.1, 0.15) is 27.6 Å². The van der Waals surface area contributed by atoms with Gasteiger partial charge in [0.2, 0.25) is 0 Å². The summed E-state index contributed by atoms with van der Waals surface area (Å²) in [4.78, 5) is 26.7. The molecule has 1 amide bonds. The molecule has 2 aromatic rings. The van der Waals surface area contributed by atoms with Gasteiger partial charge in [0.05, 0.1) is 26.0 Å². The van der Waals surface area contributed by atoms with E-state index in [1.165, 1.54) is 6.92 Å². The van der Waals surface area contributed by atoms with E-state index < -0.39 is 0 Å². The Morgan fingerprint density at radius 2 is 1.77 bits per heavy atom. The van der Waals surface area contributed by atoms with Gasteiger partial charge >= 0.3 is 0 Å². The number of amides is 1. The minimum atomic E-state index is -0.269. The molecule has 1 heterocycles. The molecule has 1 fully saturated rings. The summed E-state index contributed by atoms with van der Waals surface area (Å²) in [6.45, 7) is 4.42. The normalized spacial score (nSPS) is 14.0. The predicted octanol–water partition coefficient (Wildman–Crippen LogP) is 2.99. The minimum absolute atomic E-state index is 0.0925. The highest BCUT2D eigenvalue weighted by molar-refractivity contribution is 6.09. The molecule has 0 bridgehead atoms. The van der Waals surface area contributed by atoms with Crippen LogP contribution in [0.3, 0.4) is 0 Å². The van der Waals surface area contributed by atoms with Crippen molar-refractivity contribution in [1.29, 1.82) is 0 Å². The van der Waals surface area contributed by atoms with Crippen LogP contribution in [0, 0.1) is 0 Å². The van der Waals surface area contributed by atoms with Gasteiger partial charge in [0.25, 0.3) is 5.91 Å². The third kappa shape index (κ3) is 4.03. The lowest BCUT2D eigenvalue weighted by atomic mass is 10.1. The van der Waals surface area contributed by atoms with Crippen molar-refractivity contribution in [3.8, 4) is 5.75 Å². The topological polar surface area (TPSA) is 67.9 Å². The first-order valence-corrected chi connectivity index (χ1v) is 8.51. The van der Waals surface area contributed by atoms with Gasteiger partial charge in [-0.3, -0.25) is 9.59 Å². The van der Waals surface area contributed by atoms with Crippen LogP contribution >= 0.6 is 0 Å². The summed E-state index contributed by atoms with van der Waals surface area (Å²) in [5.74, 6) is 0.320. The Morgan fingerprint density at radius 1 is 1.08 bits per heavy atom. The molecule has 6 heteroatoms. The van der Waals surface area contributed by atoms with Gasteiger partial charge in [0.1, 0.15) is 5.75 Å². The van der Waals surface area contributed by atoms with Crippen molar-refractivity contribution in [2.75, 3.05) is 43.6 Å². The number of anilines is 2. The highest BCUT2D eigenvalue weighted by atomic mass is 16.5. The second-order valence-electron chi connectivity index (χ2n) is 6.07. The maximum Gasteiger partial charge on any atom is 0.255 e. The average molecular weight is 354 g/mol. The number of methoxy groups -OCH3 is 1. The number of benzene rings is 2. The van der Waals surface area contributed by atoms with E-state index in [2.05, 4.69) is 10.2 Å². The molecular formula is C20H22N2O4. The summed E-state index contributed by atoms with van der Waals surface area (Å²) in [6, 6.07) is 12.3. The molecule has 26 heavy (non-hydrogen) atoms. The molecular weight excluding hydrogens is 332 g/mol. The number of ketones is 1. The summed E-state index contributed by atoms with van der Waals surface area (Å²) in [5, 5.41) is 2.83. The van der Waals surface area contributed by atoms with Crippen LogP contribution in [0.15, 0.2) is 42.5 Å². The quantitative estimate of drug-likeness (QED) is 0.836. The van der Waals surface area contributed by atoms with E-state index in [1.54, 1.807) is 37.4 Å². The largest absolute Gasteiger partial charge is 0.497 e. The number of carbonyl (C=O) groups is 2. The summed E-state index contributed by atoms with van der Waals surface area (Å²) in [7, 11) is 1.57. The van der Waals surface area contributed by atoms with Crippen LogP contribution in [0.5, 0.6) is 5.75 Å². The average Bonchev–Trinajstić information content (AvgIpc) is 2.68. The predicted molar refractivity (Wildman–Crippen MR) is 100 cm³/mol. The molecule has 1 saturated heterocycles. The molecule has 2 aromatic carbocycles. The Balaban J connectivity index is 1.81. The molecule has 0 aliphatic carbocycles. The van der Waals surface area contributed by atoms with Crippen LogP contribution < -0.4 is 15.0 Å². The molecule has 1 aliphatic heterocycles. The second kappa shape index (κ2) is 8.01. The fourth-order valence-electron chi connectivity index (χ4n) is 2.89. The van der Waals surface area contributed by atoms with Gasteiger partial charge in [0, 0.05) is 29.9 Å². The summed E-state index contributed by atoms with van der Waals surface area (Å²) in [5.41, 5.74) is 2.46. The molecule has 0 radical (unpaired) electrons. The van der Waals surface area contributed by atoms with Crippen molar-refractivity contribution in [3.63, 3.8) is 0 Å². The SMILES string of the molecule is COc1ccc(C(=O)Nc2ccc(N3CCOCC3)cc2C(C)=O)cc1.